The molecule has 0 aliphatic carbocycles. The molecule has 112 valence electrons. The van der Waals surface area contributed by atoms with Gasteiger partial charge in [0.2, 0.25) is 0 Å². The highest BCUT2D eigenvalue weighted by Crippen LogP contribution is 2.23. The number of carbonyl (C=O) groups is 1. The Morgan fingerprint density at radius 1 is 1.15 bits per heavy atom. The molecular formula is C17H27NO2. The second-order valence-electron chi connectivity index (χ2n) is 5.40. The highest BCUT2D eigenvalue weighted by Gasteiger charge is 2.18. The number of aliphatic carboxylic acids is 1. The van der Waals surface area contributed by atoms with E-state index in [1.165, 1.54) is 5.56 Å². The molecule has 0 amide bonds. The van der Waals surface area contributed by atoms with Crippen molar-refractivity contribution in [3.63, 3.8) is 0 Å². The molecule has 0 saturated carbocycles. The number of benzene rings is 1. The van der Waals surface area contributed by atoms with E-state index >= 15 is 0 Å². The smallest absolute Gasteiger partial charge is 0.305 e. The van der Waals surface area contributed by atoms with Crippen LogP contribution in [-0.2, 0) is 4.79 Å². The Balaban J connectivity index is 2.91. The Labute approximate surface area is 122 Å². The Kier molecular flexibility index (Phi) is 7.13. The number of aryl methyl sites for hydroxylation is 1. The van der Waals surface area contributed by atoms with E-state index in [1.54, 1.807) is 0 Å². The molecule has 0 heterocycles. The second-order valence-corrected chi connectivity index (χ2v) is 5.40. The van der Waals surface area contributed by atoms with Gasteiger partial charge in [0.05, 0.1) is 6.42 Å². The molecule has 0 aliphatic heterocycles. The third kappa shape index (κ3) is 5.24. The molecule has 0 aliphatic rings. The third-order valence-corrected chi connectivity index (χ3v) is 3.62. The van der Waals surface area contributed by atoms with E-state index < -0.39 is 5.97 Å². The van der Waals surface area contributed by atoms with Gasteiger partial charge in [-0.1, -0.05) is 44.4 Å². The van der Waals surface area contributed by atoms with E-state index in [0.717, 1.165) is 31.4 Å². The van der Waals surface area contributed by atoms with Crippen LogP contribution in [0.1, 0.15) is 51.5 Å². The van der Waals surface area contributed by atoms with Gasteiger partial charge in [-0.25, -0.2) is 0 Å². The Bertz CT molecular complexity index is 394. The van der Waals surface area contributed by atoms with Crippen molar-refractivity contribution in [3.8, 4) is 0 Å². The summed E-state index contributed by atoms with van der Waals surface area (Å²) < 4.78 is 0. The summed E-state index contributed by atoms with van der Waals surface area (Å²) in [6.45, 7) is 7.03. The number of anilines is 1. The van der Waals surface area contributed by atoms with Gasteiger partial charge in [0.25, 0.3) is 0 Å². The first-order valence-corrected chi connectivity index (χ1v) is 7.63. The summed E-state index contributed by atoms with van der Waals surface area (Å²) in [7, 11) is 0. The lowest BCUT2D eigenvalue weighted by atomic mass is 10.0. The molecule has 0 radical (unpaired) electrons. The monoisotopic (exact) mass is 277 g/mol. The van der Waals surface area contributed by atoms with E-state index in [9.17, 15) is 4.79 Å². The third-order valence-electron chi connectivity index (χ3n) is 3.62. The molecule has 3 heteroatoms. The van der Waals surface area contributed by atoms with Crippen molar-refractivity contribution in [2.45, 2.75) is 58.9 Å². The highest BCUT2D eigenvalue weighted by atomic mass is 16.4. The van der Waals surface area contributed by atoms with Gasteiger partial charge < -0.3 is 10.0 Å². The Morgan fingerprint density at radius 2 is 1.70 bits per heavy atom. The minimum absolute atomic E-state index is 0.192. The molecule has 1 aromatic rings. The lowest BCUT2D eigenvalue weighted by molar-refractivity contribution is -0.136. The van der Waals surface area contributed by atoms with Crippen LogP contribution in [0, 0.1) is 6.92 Å². The molecule has 1 aromatic carbocycles. The maximum absolute atomic E-state index is 10.9. The van der Waals surface area contributed by atoms with Gasteiger partial charge in [0.15, 0.2) is 0 Å². The van der Waals surface area contributed by atoms with Gasteiger partial charge in [0.1, 0.15) is 0 Å². The summed E-state index contributed by atoms with van der Waals surface area (Å²) in [4.78, 5) is 13.2. The quantitative estimate of drug-likeness (QED) is 0.733. The van der Waals surface area contributed by atoms with E-state index in [4.69, 9.17) is 5.11 Å². The fraction of sp³-hybridized carbons (Fsp3) is 0.588. The average Bonchev–Trinajstić information content (AvgIpc) is 2.41. The molecule has 0 unspecified atom stereocenters. The van der Waals surface area contributed by atoms with E-state index in [2.05, 4.69) is 49.9 Å². The van der Waals surface area contributed by atoms with Gasteiger partial charge in [-0.2, -0.15) is 0 Å². The second kappa shape index (κ2) is 8.62. The summed E-state index contributed by atoms with van der Waals surface area (Å²) in [5.74, 6) is -0.728. The molecule has 0 fully saturated rings. The molecular weight excluding hydrogens is 250 g/mol. The van der Waals surface area contributed by atoms with Crippen molar-refractivity contribution in [2.24, 2.45) is 0 Å². The van der Waals surface area contributed by atoms with Gasteiger partial charge in [-0.15, -0.1) is 0 Å². The molecule has 0 aromatic heterocycles. The van der Waals surface area contributed by atoms with Crippen LogP contribution in [-0.4, -0.2) is 23.7 Å². The van der Waals surface area contributed by atoms with Crippen molar-refractivity contribution >= 4 is 11.7 Å². The van der Waals surface area contributed by atoms with Crippen molar-refractivity contribution in [2.75, 3.05) is 11.4 Å². The van der Waals surface area contributed by atoms with Crippen LogP contribution in [0.5, 0.6) is 0 Å². The van der Waals surface area contributed by atoms with Crippen LogP contribution >= 0.6 is 0 Å². The van der Waals surface area contributed by atoms with Crippen molar-refractivity contribution in [3.05, 3.63) is 29.8 Å². The number of rotatable bonds is 9. The minimum atomic E-state index is -0.728. The van der Waals surface area contributed by atoms with E-state index in [-0.39, 0.29) is 6.42 Å². The first kappa shape index (κ1) is 16.5. The first-order chi connectivity index (χ1) is 9.58. The van der Waals surface area contributed by atoms with Crippen LogP contribution in [0.15, 0.2) is 24.3 Å². The predicted molar refractivity (Wildman–Crippen MR) is 84.4 cm³/mol. The zero-order valence-electron chi connectivity index (χ0n) is 12.9. The molecule has 1 rings (SSSR count). The van der Waals surface area contributed by atoms with Crippen LogP contribution in [0.4, 0.5) is 5.69 Å². The number of nitrogens with zero attached hydrogens (tertiary/aromatic N) is 1. The number of hydrogen-bond donors (Lipinski definition) is 1. The standard InChI is InChI=1S/C17H27NO2/c1-4-6-15(7-5-2)18(13-12-17(19)20)16-10-8-14(3)9-11-16/h8-11,15H,4-7,12-13H2,1-3H3,(H,19,20). The van der Waals surface area contributed by atoms with Crippen molar-refractivity contribution < 1.29 is 9.90 Å². The minimum Gasteiger partial charge on any atom is -0.481 e. The maximum atomic E-state index is 10.9. The molecule has 0 bridgehead atoms. The summed E-state index contributed by atoms with van der Waals surface area (Å²) in [5.41, 5.74) is 2.37. The van der Waals surface area contributed by atoms with E-state index in [1.807, 2.05) is 0 Å². The molecule has 1 N–H and O–H groups in total. The highest BCUT2D eigenvalue weighted by molar-refractivity contribution is 5.67. The maximum Gasteiger partial charge on any atom is 0.305 e. The fourth-order valence-corrected chi connectivity index (χ4v) is 2.60. The van der Waals surface area contributed by atoms with Crippen LogP contribution in [0.25, 0.3) is 0 Å². The summed E-state index contributed by atoms with van der Waals surface area (Å²) >= 11 is 0. The summed E-state index contributed by atoms with van der Waals surface area (Å²) in [6, 6.07) is 8.84. The Hall–Kier alpha value is -1.51. The largest absolute Gasteiger partial charge is 0.481 e. The average molecular weight is 277 g/mol. The van der Waals surface area contributed by atoms with Gasteiger partial charge in [0, 0.05) is 18.3 Å². The van der Waals surface area contributed by atoms with Gasteiger partial charge in [-0.3, -0.25) is 4.79 Å². The van der Waals surface area contributed by atoms with Crippen molar-refractivity contribution in [1.29, 1.82) is 0 Å². The van der Waals surface area contributed by atoms with Crippen LogP contribution in [0.2, 0.25) is 0 Å². The summed E-state index contributed by atoms with van der Waals surface area (Å²) in [6.07, 6.45) is 4.67. The first-order valence-electron chi connectivity index (χ1n) is 7.63. The number of carboxylic acids is 1. The molecule has 20 heavy (non-hydrogen) atoms. The van der Waals surface area contributed by atoms with Crippen molar-refractivity contribution in [1.82, 2.24) is 0 Å². The fourth-order valence-electron chi connectivity index (χ4n) is 2.60. The predicted octanol–water partition coefficient (Wildman–Crippen LogP) is 4.24. The van der Waals surface area contributed by atoms with Gasteiger partial charge >= 0.3 is 5.97 Å². The molecule has 0 saturated heterocycles. The summed E-state index contributed by atoms with van der Waals surface area (Å²) in [5, 5.41) is 8.97. The molecule has 0 atom stereocenters. The zero-order chi connectivity index (χ0) is 15.0. The lowest BCUT2D eigenvalue weighted by Crippen LogP contribution is -2.37. The van der Waals surface area contributed by atoms with Gasteiger partial charge in [-0.05, 0) is 31.9 Å². The van der Waals surface area contributed by atoms with E-state index in [0.29, 0.717) is 12.6 Å². The topological polar surface area (TPSA) is 40.5 Å². The zero-order valence-corrected chi connectivity index (χ0v) is 12.9. The van der Waals surface area contributed by atoms with Crippen LogP contribution < -0.4 is 4.90 Å². The SMILES string of the molecule is CCCC(CCC)N(CCC(=O)O)c1ccc(C)cc1. The van der Waals surface area contributed by atoms with Crippen LogP contribution in [0.3, 0.4) is 0 Å². The normalized spacial score (nSPS) is 10.8. The molecule has 0 spiro atoms. The Morgan fingerprint density at radius 3 is 2.15 bits per heavy atom. The number of hydrogen-bond acceptors (Lipinski definition) is 2. The molecule has 3 nitrogen and oxygen atoms in total. The number of carboxylic acid groups (broad SMARTS) is 1. The lowest BCUT2D eigenvalue weighted by Gasteiger charge is -2.33.